The minimum absolute atomic E-state index is 0.186. The summed E-state index contributed by atoms with van der Waals surface area (Å²) < 4.78 is 0. The molecule has 7 aromatic carbocycles. The van der Waals surface area contributed by atoms with E-state index in [1.54, 1.807) is 0 Å². The number of allylic oxidation sites excluding steroid dienone is 2. The first-order valence-electron chi connectivity index (χ1n) is 19.4. The molecule has 11 rings (SSSR count). The molecule has 0 saturated carbocycles. The van der Waals surface area contributed by atoms with E-state index < -0.39 is 8.07 Å². The summed E-state index contributed by atoms with van der Waals surface area (Å²) in [7, 11) is -2.61. The first-order chi connectivity index (χ1) is 26.4. The molecule has 0 N–H and O–H groups in total. The molecule has 0 amide bonds. The number of benzene rings is 7. The second-order valence-electron chi connectivity index (χ2n) is 16.4. The highest BCUT2D eigenvalue weighted by atomic mass is 35.5. The fourth-order valence-corrected chi connectivity index (χ4v) is 18.3. The lowest BCUT2D eigenvalue weighted by Crippen LogP contribution is -2.56. The zero-order chi connectivity index (χ0) is 36.5. The molecule has 0 bridgehead atoms. The predicted molar refractivity (Wildman–Crippen MR) is 232 cm³/mol. The van der Waals surface area contributed by atoms with Gasteiger partial charge in [-0.15, -0.1) is 0 Å². The van der Waals surface area contributed by atoms with Gasteiger partial charge in [0, 0.05) is 44.1 Å². The van der Waals surface area contributed by atoms with E-state index in [4.69, 9.17) is 23.2 Å². The SMILES string of the molecule is CC1=C(Cl)c2c(C3Cc4cccc5cccc3c45)cccc2C1[Si](C)(c1ccccc1)C1C(C)=C(Cl)c2c(C3Cc4cccc5cccc3c45)cccc21. The largest absolute Gasteiger partial charge is 0.107 e. The zero-order valence-electron chi connectivity index (χ0n) is 30.8. The maximum Gasteiger partial charge on any atom is 0.107 e. The number of hydrogen-bond acceptors (Lipinski definition) is 0. The first-order valence-corrected chi connectivity index (χ1v) is 22.8. The number of rotatable bonds is 5. The van der Waals surface area contributed by atoms with Crippen LogP contribution in [0.5, 0.6) is 0 Å². The molecule has 0 aliphatic heterocycles. The van der Waals surface area contributed by atoms with Crippen LogP contribution in [0.2, 0.25) is 6.55 Å². The molecule has 4 aliphatic carbocycles. The highest BCUT2D eigenvalue weighted by Gasteiger charge is 2.54. The number of hydrogen-bond donors (Lipinski definition) is 0. The molecule has 0 radical (unpaired) electrons. The molecule has 54 heavy (non-hydrogen) atoms. The average Bonchev–Trinajstić information content (AvgIpc) is 3.92. The highest BCUT2D eigenvalue weighted by molar-refractivity contribution is 6.94. The van der Waals surface area contributed by atoms with Crippen LogP contribution in [0.15, 0.2) is 151 Å². The molecular formula is C51H40Cl2Si. The molecule has 0 spiro atoms. The number of fused-ring (bicyclic) bond motifs is 2. The fourth-order valence-electron chi connectivity index (χ4n) is 11.7. The standard InChI is InChI=1S/C51H40Cl2Si/c1-29-48(52)46-38(42-27-33-17-7-13-31-15-9-21-36(42)44(31)33)23-11-25-40(46)50(29)54(3,35-19-5-4-6-20-35)51-30(2)49(53)47-39(24-12-26-41(47)51)43-28-34-18-8-14-32-16-10-22-37(43)45(32)34/h4-26,42-43,50-51H,27-28H2,1-3H3. The molecule has 4 unspecified atom stereocenters. The van der Waals surface area contributed by atoms with Crippen LogP contribution in [0.3, 0.4) is 0 Å². The molecule has 262 valence electrons. The van der Waals surface area contributed by atoms with Crippen LogP contribution < -0.4 is 5.19 Å². The Balaban J connectivity index is 1.09. The summed E-state index contributed by atoms with van der Waals surface area (Å²) in [4.78, 5) is 0. The van der Waals surface area contributed by atoms with Crippen LogP contribution in [0.1, 0.15) is 92.4 Å². The van der Waals surface area contributed by atoms with Crippen molar-refractivity contribution in [3.05, 3.63) is 206 Å². The van der Waals surface area contributed by atoms with Crippen molar-refractivity contribution >= 4 is 68.1 Å². The van der Waals surface area contributed by atoms with Gasteiger partial charge in [0.25, 0.3) is 0 Å². The van der Waals surface area contributed by atoms with Crippen molar-refractivity contribution in [1.82, 2.24) is 0 Å². The molecule has 0 fully saturated rings. The van der Waals surface area contributed by atoms with Gasteiger partial charge in [-0.1, -0.05) is 174 Å². The van der Waals surface area contributed by atoms with E-state index in [2.05, 4.69) is 160 Å². The third-order valence-electron chi connectivity index (χ3n) is 13.9. The minimum atomic E-state index is -2.61. The second kappa shape index (κ2) is 11.9. The Morgan fingerprint density at radius 1 is 0.444 bits per heavy atom. The summed E-state index contributed by atoms with van der Waals surface area (Å²) >= 11 is 15.4. The summed E-state index contributed by atoms with van der Waals surface area (Å²) in [6, 6.07) is 52.7. The van der Waals surface area contributed by atoms with E-state index in [9.17, 15) is 0 Å². The quantitative estimate of drug-likeness (QED) is 0.154. The van der Waals surface area contributed by atoms with Crippen LogP contribution in [-0.4, -0.2) is 8.07 Å². The Hall–Kier alpha value is -4.66. The van der Waals surface area contributed by atoms with Gasteiger partial charge in [0.1, 0.15) is 8.07 Å². The van der Waals surface area contributed by atoms with E-state index in [1.165, 1.54) is 93.5 Å². The van der Waals surface area contributed by atoms with E-state index >= 15 is 0 Å². The van der Waals surface area contributed by atoms with Crippen LogP contribution in [-0.2, 0) is 12.8 Å². The summed E-state index contributed by atoms with van der Waals surface area (Å²) in [5.74, 6) is 0.550. The topological polar surface area (TPSA) is 0 Å². The van der Waals surface area contributed by atoms with Crippen LogP contribution in [0, 0.1) is 0 Å². The minimum Gasteiger partial charge on any atom is -0.0837 e. The van der Waals surface area contributed by atoms with Crippen molar-refractivity contribution in [3.63, 3.8) is 0 Å². The molecule has 0 saturated heterocycles. The zero-order valence-corrected chi connectivity index (χ0v) is 33.3. The predicted octanol–water partition coefficient (Wildman–Crippen LogP) is 13.3. The second-order valence-corrected chi connectivity index (χ2v) is 21.4. The maximum absolute atomic E-state index is 7.71. The van der Waals surface area contributed by atoms with Gasteiger partial charge in [0.2, 0.25) is 0 Å². The van der Waals surface area contributed by atoms with Crippen LogP contribution in [0.25, 0.3) is 31.6 Å². The van der Waals surface area contributed by atoms with Crippen molar-refractivity contribution in [3.8, 4) is 0 Å². The summed E-state index contributed by atoms with van der Waals surface area (Å²) in [5.41, 5.74) is 16.8. The van der Waals surface area contributed by atoms with Crippen molar-refractivity contribution in [2.45, 2.75) is 56.2 Å². The molecule has 0 nitrogen and oxygen atoms in total. The summed E-state index contributed by atoms with van der Waals surface area (Å²) in [6.07, 6.45) is 2.01. The van der Waals surface area contributed by atoms with Crippen LogP contribution in [0.4, 0.5) is 0 Å². The van der Waals surface area contributed by atoms with Gasteiger partial charge in [0.05, 0.1) is 0 Å². The summed E-state index contributed by atoms with van der Waals surface area (Å²) in [5, 5.41) is 8.84. The molecule has 7 aromatic rings. The molecule has 4 aliphatic rings. The lowest BCUT2D eigenvalue weighted by atomic mass is 9.87. The highest BCUT2D eigenvalue weighted by Crippen LogP contribution is 2.59. The van der Waals surface area contributed by atoms with Crippen molar-refractivity contribution in [2.75, 3.05) is 0 Å². The third-order valence-corrected chi connectivity index (χ3v) is 20.3. The van der Waals surface area contributed by atoms with E-state index in [0.717, 1.165) is 22.9 Å². The smallest absolute Gasteiger partial charge is 0.0837 e. The molecule has 0 heterocycles. The first kappa shape index (κ1) is 32.7. The number of halogens is 2. The fraction of sp³-hybridized carbons (Fsp3) is 0.176. The maximum atomic E-state index is 7.71. The molecule has 0 aromatic heterocycles. The Morgan fingerprint density at radius 3 is 1.30 bits per heavy atom. The van der Waals surface area contributed by atoms with E-state index in [1.807, 2.05) is 0 Å². The van der Waals surface area contributed by atoms with E-state index in [0.29, 0.717) is 0 Å². The molecular weight excluding hydrogens is 712 g/mol. The van der Waals surface area contributed by atoms with Crippen molar-refractivity contribution in [2.24, 2.45) is 0 Å². The van der Waals surface area contributed by atoms with Gasteiger partial charge in [-0.2, -0.15) is 0 Å². The third kappa shape index (κ3) is 4.32. The van der Waals surface area contributed by atoms with Gasteiger partial charge in [0.15, 0.2) is 0 Å². The Morgan fingerprint density at radius 2 is 0.833 bits per heavy atom. The van der Waals surface area contributed by atoms with Crippen LogP contribution >= 0.6 is 23.2 Å². The lowest BCUT2D eigenvalue weighted by molar-refractivity contribution is 0.841. The molecule has 3 heteroatoms. The van der Waals surface area contributed by atoms with Crippen molar-refractivity contribution in [1.29, 1.82) is 0 Å². The molecule has 4 atom stereocenters. The van der Waals surface area contributed by atoms with Gasteiger partial charge in [-0.25, -0.2) is 0 Å². The van der Waals surface area contributed by atoms with Gasteiger partial charge in [-0.3, -0.25) is 0 Å². The monoisotopic (exact) mass is 750 g/mol. The van der Waals surface area contributed by atoms with Gasteiger partial charge >= 0.3 is 0 Å². The lowest BCUT2D eigenvalue weighted by Gasteiger charge is -2.42. The Labute approximate surface area is 328 Å². The van der Waals surface area contributed by atoms with E-state index in [-0.39, 0.29) is 22.9 Å². The summed E-state index contributed by atoms with van der Waals surface area (Å²) in [6.45, 7) is 7.26. The average molecular weight is 752 g/mol. The normalized spacial score (nSPS) is 22.0. The van der Waals surface area contributed by atoms with Gasteiger partial charge in [-0.05, 0) is 104 Å². The Kier molecular flexibility index (Phi) is 7.23. The van der Waals surface area contributed by atoms with Crippen molar-refractivity contribution < 1.29 is 0 Å². The van der Waals surface area contributed by atoms with Gasteiger partial charge < -0.3 is 0 Å². The Bertz CT molecular complexity index is 2630.